The van der Waals surface area contributed by atoms with Gasteiger partial charge in [-0.15, -0.1) is 0 Å². The molecule has 0 radical (unpaired) electrons. The number of rotatable bonds is 1. The van der Waals surface area contributed by atoms with Crippen molar-refractivity contribution < 1.29 is 13.6 Å². The van der Waals surface area contributed by atoms with Crippen LogP contribution in [0.1, 0.15) is 35.2 Å². The second kappa shape index (κ2) is 5.13. The minimum absolute atomic E-state index is 0.252. The fourth-order valence-electron chi connectivity index (χ4n) is 3.14. The number of carbonyl (C=O) groups is 1. The molecule has 0 aliphatic carbocycles. The molecular weight excluding hydrogens is 262 g/mol. The minimum atomic E-state index is -0.777. The summed E-state index contributed by atoms with van der Waals surface area (Å²) >= 11 is 0. The molecule has 2 saturated heterocycles. The fourth-order valence-corrected chi connectivity index (χ4v) is 3.14. The van der Waals surface area contributed by atoms with Gasteiger partial charge in [-0.05, 0) is 37.8 Å². The van der Waals surface area contributed by atoms with Gasteiger partial charge in [0.15, 0.2) is 0 Å². The first-order valence-electron chi connectivity index (χ1n) is 7.06. The molecule has 5 heteroatoms. The van der Waals surface area contributed by atoms with Crippen molar-refractivity contribution in [1.29, 1.82) is 0 Å². The fraction of sp³-hybridized carbons (Fsp3) is 0.533. The second-order valence-corrected chi connectivity index (χ2v) is 5.73. The molecule has 1 amide bonds. The number of hydrogen-bond acceptors (Lipinski definition) is 2. The van der Waals surface area contributed by atoms with Crippen LogP contribution in [0.4, 0.5) is 8.78 Å². The lowest BCUT2D eigenvalue weighted by Gasteiger charge is -2.25. The van der Waals surface area contributed by atoms with Gasteiger partial charge in [0.1, 0.15) is 17.2 Å². The van der Waals surface area contributed by atoms with Gasteiger partial charge in [-0.2, -0.15) is 0 Å². The maximum atomic E-state index is 14.1. The normalized spacial score (nSPS) is 25.6. The summed E-state index contributed by atoms with van der Waals surface area (Å²) in [7, 11) is 0. The summed E-state index contributed by atoms with van der Waals surface area (Å²) in [5, 5.41) is 3.45. The van der Waals surface area contributed by atoms with E-state index in [2.05, 4.69) is 5.32 Å². The molecule has 3 nitrogen and oxygen atoms in total. The lowest BCUT2D eigenvalue weighted by Crippen LogP contribution is -2.39. The molecule has 1 aromatic rings. The van der Waals surface area contributed by atoms with Crippen LogP contribution in [0, 0.1) is 18.6 Å². The lowest BCUT2D eigenvalue weighted by molar-refractivity contribution is 0.0738. The smallest absolute Gasteiger partial charge is 0.259 e. The Morgan fingerprint density at radius 3 is 2.80 bits per heavy atom. The van der Waals surface area contributed by atoms with Crippen molar-refractivity contribution in [2.75, 3.05) is 13.1 Å². The van der Waals surface area contributed by atoms with Crippen LogP contribution in [0.25, 0.3) is 0 Å². The standard InChI is InChI=1S/C15H18F2N2O/c1-9-2-5-12(16)13(14(9)17)15(20)19-7-6-10-3-4-11(8-19)18-10/h2,5,10-11,18H,3-4,6-8H2,1H3. The van der Waals surface area contributed by atoms with Crippen LogP contribution in [-0.2, 0) is 0 Å². The molecule has 2 unspecified atom stereocenters. The zero-order valence-electron chi connectivity index (χ0n) is 11.5. The molecule has 2 aliphatic rings. The van der Waals surface area contributed by atoms with Gasteiger partial charge < -0.3 is 10.2 Å². The molecule has 0 aromatic heterocycles. The average Bonchev–Trinajstić information content (AvgIpc) is 2.74. The lowest BCUT2D eigenvalue weighted by atomic mass is 10.1. The Hall–Kier alpha value is -1.49. The van der Waals surface area contributed by atoms with E-state index in [4.69, 9.17) is 0 Å². The van der Waals surface area contributed by atoms with Crippen LogP contribution < -0.4 is 5.32 Å². The summed E-state index contributed by atoms with van der Waals surface area (Å²) in [5.41, 5.74) is -0.119. The molecule has 0 saturated carbocycles. The number of benzene rings is 1. The Morgan fingerprint density at radius 1 is 1.25 bits per heavy atom. The van der Waals surface area contributed by atoms with Crippen molar-refractivity contribution in [2.24, 2.45) is 0 Å². The third-order valence-electron chi connectivity index (χ3n) is 4.31. The Bertz CT molecular complexity index is 547. The van der Waals surface area contributed by atoms with Gasteiger partial charge in [0.05, 0.1) is 0 Å². The number of hydrogen-bond donors (Lipinski definition) is 1. The topological polar surface area (TPSA) is 32.3 Å². The maximum absolute atomic E-state index is 14.1. The highest BCUT2D eigenvalue weighted by molar-refractivity contribution is 5.95. The largest absolute Gasteiger partial charge is 0.337 e. The summed E-state index contributed by atoms with van der Waals surface area (Å²) < 4.78 is 27.9. The summed E-state index contributed by atoms with van der Waals surface area (Å²) in [5.74, 6) is -2.05. The number of carbonyl (C=O) groups excluding carboxylic acids is 1. The molecule has 2 aliphatic heterocycles. The molecule has 2 bridgehead atoms. The van der Waals surface area contributed by atoms with Crippen molar-refractivity contribution in [3.63, 3.8) is 0 Å². The van der Waals surface area contributed by atoms with Crippen molar-refractivity contribution in [1.82, 2.24) is 10.2 Å². The number of nitrogens with zero attached hydrogens (tertiary/aromatic N) is 1. The zero-order valence-corrected chi connectivity index (χ0v) is 11.5. The monoisotopic (exact) mass is 280 g/mol. The number of nitrogens with one attached hydrogen (secondary N) is 1. The summed E-state index contributed by atoms with van der Waals surface area (Å²) in [4.78, 5) is 14.0. The van der Waals surface area contributed by atoms with Crippen LogP contribution >= 0.6 is 0 Å². The molecular formula is C15H18F2N2O. The van der Waals surface area contributed by atoms with E-state index in [0.717, 1.165) is 25.3 Å². The average molecular weight is 280 g/mol. The third kappa shape index (κ3) is 2.30. The Morgan fingerprint density at radius 2 is 2.00 bits per heavy atom. The van der Waals surface area contributed by atoms with Gasteiger partial charge in [0.2, 0.25) is 0 Å². The van der Waals surface area contributed by atoms with Crippen molar-refractivity contribution in [3.05, 3.63) is 34.9 Å². The highest BCUT2D eigenvalue weighted by Gasteiger charge is 2.33. The van der Waals surface area contributed by atoms with E-state index in [1.54, 1.807) is 4.90 Å². The van der Waals surface area contributed by atoms with Crippen LogP contribution in [0.3, 0.4) is 0 Å². The van der Waals surface area contributed by atoms with E-state index in [0.29, 0.717) is 24.7 Å². The predicted octanol–water partition coefficient (Wildman–Crippen LogP) is 2.24. The molecule has 2 fully saturated rings. The molecule has 0 spiro atoms. The first kappa shape index (κ1) is 13.5. The number of amides is 1. The van der Waals surface area contributed by atoms with Gasteiger partial charge in [-0.25, -0.2) is 8.78 Å². The Kier molecular flexibility index (Phi) is 3.46. The first-order valence-corrected chi connectivity index (χ1v) is 7.06. The molecule has 1 aromatic carbocycles. The number of aryl methyl sites for hydroxylation is 1. The molecule has 3 rings (SSSR count). The van der Waals surface area contributed by atoms with E-state index >= 15 is 0 Å². The van der Waals surface area contributed by atoms with E-state index in [1.807, 2.05) is 0 Å². The van der Waals surface area contributed by atoms with E-state index in [1.165, 1.54) is 13.0 Å². The van der Waals surface area contributed by atoms with Crippen molar-refractivity contribution in [2.45, 2.75) is 38.3 Å². The molecule has 1 N–H and O–H groups in total. The van der Waals surface area contributed by atoms with Gasteiger partial charge in [0, 0.05) is 25.2 Å². The van der Waals surface area contributed by atoms with E-state index < -0.39 is 23.1 Å². The van der Waals surface area contributed by atoms with Crippen LogP contribution in [0.15, 0.2) is 12.1 Å². The predicted molar refractivity (Wildman–Crippen MR) is 71.6 cm³/mol. The van der Waals surface area contributed by atoms with Crippen LogP contribution in [-0.4, -0.2) is 36.0 Å². The highest BCUT2D eigenvalue weighted by atomic mass is 19.1. The van der Waals surface area contributed by atoms with Crippen LogP contribution in [0.2, 0.25) is 0 Å². The molecule has 108 valence electrons. The number of halogens is 2. The number of fused-ring (bicyclic) bond motifs is 2. The number of likely N-dealkylation sites (tertiary alicyclic amines) is 1. The third-order valence-corrected chi connectivity index (χ3v) is 4.31. The summed E-state index contributed by atoms with van der Waals surface area (Å²) in [6.45, 7) is 2.62. The van der Waals surface area contributed by atoms with Gasteiger partial charge >= 0.3 is 0 Å². The van der Waals surface area contributed by atoms with Gasteiger partial charge in [0.25, 0.3) is 5.91 Å². The van der Waals surface area contributed by atoms with Crippen LogP contribution in [0.5, 0.6) is 0 Å². The van der Waals surface area contributed by atoms with Gasteiger partial charge in [-0.1, -0.05) is 6.07 Å². The summed E-state index contributed by atoms with van der Waals surface area (Å²) in [6, 6.07) is 3.20. The second-order valence-electron chi connectivity index (χ2n) is 5.73. The molecule has 20 heavy (non-hydrogen) atoms. The quantitative estimate of drug-likeness (QED) is 0.855. The van der Waals surface area contributed by atoms with Crippen molar-refractivity contribution >= 4 is 5.91 Å². The SMILES string of the molecule is Cc1ccc(F)c(C(=O)N2CCC3CCC(C2)N3)c1F. The molecule has 2 heterocycles. The summed E-state index contributed by atoms with van der Waals surface area (Å²) in [6.07, 6.45) is 2.99. The Labute approximate surface area is 117 Å². The zero-order chi connectivity index (χ0) is 14.3. The Balaban J connectivity index is 1.87. The van der Waals surface area contributed by atoms with E-state index in [9.17, 15) is 13.6 Å². The van der Waals surface area contributed by atoms with Gasteiger partial charge in [-0.3, -0.25) is 4.79 Å². The van der Waals surface area contributed by atoms with E-state index in [-0.39, 0.29) is 6.04 Å². The maximum Gasteiger partial charge on any atom is 0.259 e. The first-order chi connectivity index (χ1) is 9.56. The minimum Gasteiger partial charge on any atom is -0.337 e. The highest BCUT2D eigenvalue weighted by Crippen LogP contribution is 2.24. The molecule has 2 atom stereocenters. The van der Waals surface area contributed by atoms with Crippen molar-refractivity contribution in [3.8, 4) is 0 Å².